The molecule has 347 valence electrons. The summed E-state index contributed by atoms with van der Waals surface area (Å²) < 4.78 is 0. The average Bonchev–Trinajstić information content (AvgIpc) is 3.48. The zero-order chi connectivity index (χ0) is 48.1. The number of pyridine rings is 3. The number of hydrogen-bond acceptors (Lipinski definition) is 3. The van der Waals surface area contributed by atoms with Crippen LogP contribution in [-0.2, 0) is 20.1 Å². The van der Waals surface area contributed by atoms with Gasteiger partial charge in [-0.25, -0.2) is 0 Å². The summed E-state index contributed by atoms with van der Waals surface area (Å²) >= 11 is 0. The minimum atomic E-state index is 0. The van der Waals surface area contributed by atoms with Crippen LogP contribution in [0.2, 0.25) is 0 Å². The van der Waals surface area contributed by atoms with E-state index in [1.54, 1.807) is 0 Å². The maximum Gasteiger partial charge on any atom is 0.0701 e. The number of rotatable bonds is 11. The van der Waals surface area contributed by atoms with Crippen LogP contribution in [0.15, 0.2) is 273 Å². The van der Waals surface area contributed by atoms with Gasteiger partial charge in [0.05, 0.1) is 5.69 Å². The van der Waals surface area contributed by atoms with Crippen molar-refractivity contribution in [3.05, 3.63) is 286 Å². The topological polar surface area (TPSA) is 38.7 Å². The molecule has 9 aromatic carbocycles. The summed E-state index contributed by atoms with van der Waals surface area (Å²) in [5.74, 6) is 0. The standard InChI is InChI=1S/C69H45N3.Ir/c1-2-16-48(17-3-1)49-27-29-52(30-28-49)66-47-55(69-26-12-15-43-72-69)39-40-65(66)64-23-9-8-22-63(64)58-45-56(61-20-6-4-18-59(61)50-31-35-53(36-32-50)67-24-10-13-41-70-67)44-57(46-58)62-21-7-5-19-60(62)51-33-37-54(38-34-51)68-25-11-14-42-71-68;/h1-37,40-47H;/q-2;. The van der Waals surface area contributed by atoms with Gasteiger partial charge in [-0.05, 0) is 115 Å². The smallest absolute Gasteiger partial charge is 0.0701 e. The summed E-state index contributed by atoms with van der Waals surface area (Å²) in [7, 11) is 0. The van der Waals surface area contributed by atoms with Crippen molar-refractivity contribution >= 4 is 0 Å². The van der Waals surface area contributed by atoms with Gasteiger partial charge in [0.1, 0.15) is 0 Å². The van der Waals surface area contributed by atoms with Gasteiger partial charge in [-0.15, -0.1) is 53.6 Å². The Kier molecular flexibility index (Phi) is 13.5. The molecule has 0 fully saturated rings. The number of hydrogen-bond donors (Lipinski definition) is 0. The van der Waals surface area contributed by atoms with Gasteiger partial charge in [0.2, 0.25) is 0 Å². The molecule has 0 aliphatic rings. The Bertz CT molecular complexity index is 3660. The van der Waals surface area contributed by atoms with E-state index in [2.05, 4.69) is 228 Å². The summed E-state index contributed by atoms with van der Waals surface area (Å²) in [6.07, 6.45) is 5.51. The molecular formula is C69H45IrN3-2. The monoisotopic (exact) mass is 1110 g/mol. The fourth-order valence-corrected chi connectivity index (χ4v) is 9.76. The molecule has 12 rings (SSSR count). The van der Waals surface area contributed by atoms with E-state index >= 15 is 0 Å². The van der Waals surface area contributed by atoms with Crippen molar-refractivity contribution in [2.45, 2.75) is 0 Å². The summed E-state index contributed by atoms with van der Waals surface area (Å²) in [6, 6.07) is 97.6. The van der Waals surface area contributed by atoms with Gasteiger partial charge < -0.3 is 9.97 Å². The summed E-state index contributed by atoms with van der Waals surface area (Å²) in [6.45, 7) is 0. The van der Waals surface area contributed by atoms with Crippen LogP contribution in [0.5, 0.6) is 0 Å². The first-order valence-electron chi connectivity index (χ1n) is 24.2. The van der Waals surface area contributed by atoms with Gasteiger partial charge >= 0.3 is 0 Å². The maximum atomic E-state index is 4.74. The molecule has 0 atom stereocenters. The quantitative estimate of drug-likeness (QED) is 0.121. The molecule has 3 heterocycles. The molecule has 0 saturated heterocycles. The van der Waals surface area contributed by atoms with Crippen molar-refractivity contribution in [3.63, 3.8) is 0 Å². The normalized spacial score (nSPS) is 10.9. The second-order valence-electron chi connectivity index (χ2n) is 17.8. The maximum absolute atomic E-state index is 4.74. The third-order valence-corrected chi connectivity index (χ3v) is 13.4. The third kappa shape index (κ3) is 9.79. The molecule has 0 amide bonds. The van der Waals surface area contributed by atoms with Crippen LogP contribution >= 0.6 is 0 Å². The van der Waals surface area contributed by atoms with Crippen LogP contribution in [0.25, 0.3) is 123 Å². The van der Waals surface area contributed by atoms with E-state index in [1.165, 1.54) is 11.1 Å². The van der Waals surface area contributed by atoms with E-state index < -0.39 is 0 Å². The number of benzene rings is 9. The Hall–Kier alpha value is -8.92. The molecule has 0 unspecified atom stereocenters. The van der Waals surface area contributed by atoms with Crippen molar-refractivity contribution in [1.29, 1.82) is 0 Å². The zero-order valence-electron chi connectivity index (χ0n) is 39.7. The predicted molar refractivity (Wildman–Crippen MR) is 297 cm³/mol. The molecule has 0 aliphatic carbocycles. The second-order valence-corrected chi connectivity index (χ2v) is 17.8. The van der Waals surface area contributed by atoms with E-state index in [9.17, 15) is 0 Å². The van der Waals surface area contributed by atoms with Gasteiger partial charge in [-0.1, -0.05) is 210 Å². The van der Waals surface area contributed by atoms with Gasteiger partial charge in [-0.2, -0.15) is 0 Å². The summed E-state index contributed by atoms with van der Waals surface area (Å²) in [4.78, 5) is 13.9. The van der Waals surface area contributed by atoms with Crippen molar-refractivity contribution in [3.8, 4) is 123 Å². The molecule has 12 aromatic rings. The summed E-state index contributed by atoms with van der Waals surface area (Å²) in [5, 5.41) is 0. The molecule has 73 heavy (non-hydrogen) atoms. The molecule has 0 aliphatic heterocycles. The number of nitrogens with zero attached hydrogens (tertiary/aromatic N) is 3. The second kappa shape index (κ2) is 21.2. The van der Waals surface area contributed by atoms with Crippen LogP contribution in [0.1, 0.15) is 0 Å². The molecule has 0 bridgehead atoms. The SMILES string of the molecule is [Ir].[c-]1cc(-c2ccccc2-c2cc(-c3ccccc3-c3ccc(-c4ccccn4)cc3)cc(-c3ccccc3-c3c[c-]c(-c4ccccn4)cc3-c3ccc(-c4ccccc4)cc3)c2)ccc1-c1ccccn1. The Balaban J connectivity index is 0.00000574. The Morgan fingerprint density at radius 3 is 1.12 bits per heavy atom. The minimum absolute atomic E-state index is 0. The fourth-order valence-electron chi connectivity index (χ4n) is 9.76. The Labute approximate surface area is 440 Å². The number of aromatic nitrogens is 3. The van der Waals surface area contributed by atoms with E-state index in [1.807, 2.05) is 67.1 Å². The third-order valence-electron chi connectivity index (χ3n) is 13.4. The Morgan fingerprint density at radius 1 is 0.219 bits per heavy atom. The van der Waals surface area contributed by atoms with E-state index in [4.69, 9.17) is 4.98 Å². The van der Waals surface area contributed by atoms with E-state index in [0.717, 1.165) is 112 Å². The van der Waals surface area contributed by atoms with E-state index in [0.29, 0.717) is 0 Å². The average molecular weight is 1110 g/mol. The van der Waals surface area contributed by atoms with Gasteiger partial charge in [-0.3, -0.25) is 4.98 Å². The van der Waals surface area contributed by atoms with Crippen molar-refractivity contribution in [2.75, 3.05) is 0 Å². The first-order valence-corrected chi connectivity index (χ1v) is 24.2. The van der Waals surface area contributed by atoms with Crippen LogP contribution in [0, 0.1) is 12.1 Å². The van der Waals surface area contributed by atoms with Gasteiger partial charge in [0.15, 0.2) is 0 Å². The largest absolute Gasteiger partial charge is 0.305 e. The van der Waals surface area contributed by atoms with Crippen LogP contribution in [-0.4, -0.2) is 15.0 Å². The molecule has 0 saturated carbocycles. The van der Waals surface area contributed by atoms with Gasteiger partial charge in [0, 0.05) is 44.3 Å². The van der Waals surface area contributed by atoms with Crippen molar-refractivity contribution in [1.82, 2.24) is 15.0 Å². The van der Waals surface area contributed by atoms with Gasteiger partial charge in [0.25, 0.3) is 0 Å². The van der Waals surface area contributed by atoms with Crippen molar-refractivity contribution in [2.24, 2.45) is 0 Å². The first-order chi connectivity index (χ1) is 35.7. The minimum Gasteiger partial charge on any atom is -0.305 e. The summed E-state index contributed by atoms with van der Waals surface area (Å²) in [5.41, 5.74) is 23.7. The Morgan fingerprint density at radius 2 is 0.603 bits per heavy atom. The zero-order valence-corrected chi connectivity index (χ0v) is 42.1. The molecule has 3 nitrogen and oxygen atoms in total. The molecule has 4 heteroatoms. The first kappa shape index (κ1) is 46.5. The molecular weight excluding hydrogens is 1060 g/mol. The molecule has 1 radical (unpaired) electrons. The molecule has 3 aromatic heterocycles. The van der Waals surface area contributed by atoms with Crippen molar-refractivity contribution < 1.29 is 20.1 Å². The molecule has 0 spiro atoms. The fraction of sp³-hybridized carbons (Fsp3) is 0. The molecule has 0 N–H and O–H groups in total. The van der Waals surface area contributed by atoms with Crippen LogP contribution in [0.3, 0.4) is 0 Å². The van der Waals surface area contributed by atoms with Crippen LogP contribution in [0.4, 0.5) is 0 Å². The predicted octanol–water partition coefficient (Wildman–Crippen LogP) is 17.8. The van der Waals surface area contributed by atoms with E-state index in [-0.39, 0.29) is 20.1 Å². The van der Waals surface area contributed by atoms with Crippen LogP contribution < -0.4 is 0 Å².